The van der Waals surface area contributed by atoms with Crippen molar-refractivity contribution < 1.29 is 9.15 Å². The minimum absolute atomic E-state index is 0.218. The summed E-state index contributed by atoms with van der Waals surface area (Å²) in [6, 6.07) is 6.19. The van der Waals surface area contributed by atoms with Gasteiger partial charge in [0.2, 0.25) is 0 Å². The van der Waals surface area contributed by atoms with Gasteiger partial charge in [0.15, 0.2) is 0 Å². The summed E-state index contributed by atoms with van der Waals surface area (Å²) in [7, 11) is 3.62. The first kappa shape index (κ1) is 13.4. The monoisotopic (exact) mass is 311 g/mol. The third-order valence-corrected chi connectivity index (χ3v) is 3.67. The van der Waals surface area contributed by atoms with Crippen LogP contribution in [0, 0.1) is 5.92 Å². The Balaban J connectivity index is 2.52. The van der Waals surface area contributed by atoms with Crippen LogP contribution in [0.2, 0.25) is 0 Å². The number of nitrogens with one attached hydrogen (secondary N) is 1. The maximum Gasteiger partial charge on any atom is 0.148 e. The van der Waals surface area contributed by atoms with Gasteiger partial charge in [-0.3, -0.25) is 0 Å². The van der Waals surface area contributed by atoms with Crippen LogP contribution in [-0.2, 0) is 0 Å². The maximum atomic E-state index is 5.95. The fourth-order valence-electron chi connectivity index (χ4n) is 2.18. The van der Waals surface area contributed by atoms with Gasteiger partial charge in [0, 0.05) is 5.39 Å². The molecule has 98 valence electrons. The highest BCUT2D eigenvalue weighted by Crippen LogP contribution is 2.35. The van der Waals surface area contributed by atoms with E-state index in [9.17, 15) is 0 Å². The maximum absolute atomic E-state index is 5.95. The van der Waals surface area contributed by atoms with Crippen molar-refractivity contribution in [2.45, 2.75) is 19.9 Å². The van der Waals surface area contributed by atoms with Gasteiger partial charge in [-0.1, -0.05) is 13.8 Å². The molecule has 2 rings (SSSR count). The van der Waals surface area contributed by atoms with Crippen molar-refractivity contribution in [3.63, 3.8) is 0 Å². The average Bonchev–Trinajstić information content (AvgIpc) is 2.73. The minimum atomic E-state index is 0.218. The normalized spacial score (nSPS) is 13.2. The predicted octanol–water partition coefficient (Wildman–Crippen LogP) is 4.12. The number of ether oxygens (including phenoxy) is 1. The number of benzene rings is 1. The molecule has 4 heteroatoms. The van der Waals surface area contributed by atoms with Gasteiger partial charge in [-0.25, -0.2) is 0 Å². The third-order valence-electron chi connectivity index (χ3n) is 3.08. The van der Waals surface area contributed by atoms with E-state index in [-0.39, 0.29) is 6.04 Å². The smallest absolute Gasteiger partial charge is 0.148 e. The number of halogens is 1. The second-order valence-electron chi connectivity index (χ2n) is 4.69. The van der Waals surface area contributed by atoms with Gasteiger partial charge in [0.05, 0.1) is 17.6 Å². The van der Waals surface area contributed by atoms with E-state index in [4.69, 9.17) is 9.15 Å². The largest absolute Gasteiger partial charge is 0.497 e. The fourth-order valence-corrected chi connectivity index (χ4v) is 2.71. The lowest BCUT2D eigenvalue weighted by Gasteiger charge is -2.17. The van der Waals surface area contributed by atoms with Gasteiger partial charge < -0.3 is 14.5 Å². The van der Waals surface area contributed by atoms with Crippen molar-refractivity contribution >= 4 is 26.9 Å². The van der Waals surface area contributed by atoms with Crippen molar-refractivity contribution in [3.8, 4) is 5.75 Å². The Morgan fingerprint density at radius 2 is 2.00 bits per heavy atom. The third kappa shape index (κ3) is 2.40. The molecular weight excluding hydrogens is 294 g/mol. The van der Waals surface area contributed by atoms with E-state index in [2.05, 4.69) is 41.2 Å². The number of rotatable bonds is 4. The zero-order chi connectivity index (χ0) is 13.3. The molecule has 2 aromatic rings. The fraction of sp³-hybridized carbons (Fsp3) is 0.429. The average molecular weight is 312 g/mol. The summed E-state index contributed by atoms with van der Waals surface area (Å²) in [5.41, 5.74) is 0.867. The summed E-state index contributed by atoms with van der Waals surface area (Å²) in [5, 5.41) is 4.34. The van der Waals surface area contributed by atoms with Crippen LogP contribution >= 0.6 is 15.9 Å². The van der Waals surface area contributed by atoms with E-state index < -0.39 is 0 Å². The van der Waals surface area contributed by atoms with Crippen LogP contribution in [0.4, 0.5) is 0 Å². The Morgan fingerprint density at radius 3 is 2.56 bits per heavy atom. The SMILES string of the molecule is CNC(c1cc2cc(OC)cc(Br)c2o1)C(C)C. The number of hydrogen-bond acceptors (Lipinski definition) is 3. The lowest BCUT2D eigenvalue weighted by molar-refractivity contribution is 0.370. The van der Waals surface area contributed by atoms with Crippen LogP contribution < -0.4 is 10.1 Å². The Morgan fingerprint density at radius 1 is 1.28 bits per heavy atom. The molecule has 0 aliphatic heterocycles. The Labute approximate surface area is 116 Å². The molecule has 1 atom stereocenters. The van der Waals surface area contributed by atoms with Gasteiger partial charge in [-0.05, 0) is 47.1 Å². The van der Waals surface area contributed by atoms with Crippen molar-refractivity contribution in [2.24, 2.45) is 5.92 Å². The summed E-state index contributed by atoms with van der Waals surface area (Å²) < 4.78 is 12.1. The minimum Gasteiger partial charge on any atom is -0.497 e. The van der Waals surface area contributed by atoms with E-state index >= 15 is 0 Å². The molecule has 18 heavy (non-hydrogen) atoms. The van der Waals surface area contributed by atoms with Gasteiger partial charge in [0.1, 0.15) is 17.1 Å². The number of methoxy groups -OCH3 is 1. The number of furan rings is 1. The zero-order valence-corrected chi connectivity index (χ0v) is 12.7. The first-order chi connectivity index (χ1) is 8.56. The van der Waals surface area contributed by atoms with E-state index in [1.54, 1.807) is 7.11 Å². The van der Waals surface area contributed by atoms with E-state index in [1.165, 1.54) is 0 Å². The molecule has 0 spiro atoms. The molecule has 0 aliphatic carbocycles. The van der Waals surface area contributed by atoms with Crippen molar-refractivity contribution in [1.29, 1.82) is 0 Å². The molecular formula is C14H18BrNO2. The zero-order valence-electron chi connectivity index (χ0n) is 11.1. The topological polar surface area (TPSA) is 34.4 Å². The molecule has 0 bridgehead atoms. The summed E-state index contributed by atoms with van der Waals surface area (Å²) >= 11 is 3.52. The van der Waals surface area contributed by atoms with Crippen molar-refractivity contribution in [3.05, 3.63) is 28.4 Å². The molecule has 0 saturated heterocycles. The quantitative estimate of drug-likeness (QED) is 0.922. The van der Waals surface area contributed by atoms with Crippen LogP contribution in [-0.4, -0.2) is 14.2 Å². The summed E-state index contributed by atoms with van der Waals surface area (Å²) in [6.45, 7) is 4.34. The van der Waals surface area contributed by atoms with Crippen molar-refractivity contribution in [1.82, 2.24) is 5.32 Å². The second-order valence-corrected chi connectivity index (χ2v) is 5.54. The van der Waals surface area contributed by atoms with Crippen LogP contribution in [0.3, 0.4) is 0 Å². The highest BCUT2D eigenvalue weighted by molar-refractivity contribution is 9.10. The first-order valence-electron chi connectivity index (χ1n) is 6.01. The Kier molecular flexibility index (Phi) is 3.97. The summed E-state index contributed by atoms with van der Waals surface area (Å²) in [4.78, 5) is 0. The molecule has 0 saturated carbocycles. The molecule has 1 aromatic heterocycles. The molecule has 0 fully saturated rings. The lowest BCUT2D eigenvalue weighted by Crippen LogP contribution is -2.20. The van der Waals surface area contributed by atoms with E-state index in [0.29, 0.717) is 5.92 Å². The number of fused-ring (bicyclic) bond motifs is 1. The number of hydrogen-bond donors (Lipinski definition) is 1. The van der Waals surface area contributed by atoms with E-state index in [0.717, 1.165) is 27.0 Å². The van der Waals surface area contributed by atoms with Crippen LogP contribution in [0.25, 0.3) is 11.0 Å². The highest BCUT2D eigenvalue weighted by atomic mass is 79.9. The summed E-state index contributed by atoms with van der Waals surface area (Å²) in [5.74, 6) is 2.25. The van der Waals surface area contributed by atoms with Gasteiger partial charge in [0.25, 0.3) is 0 Å². The molecule has 1 heterocycles. The first-order valence-corrected chi connectivity index (χ1v) is 6.80. The van der Waals surface area contributed by atoms with E-state index in [1.807, 2.05) is 19.2 Å². The van der Waals surface area contributed by atoms with Gasteiger partial charge >= 0.3 is 0 Å². The Bertz CT molecular complexity index is 548. The van der Waals surface area contributed by atoms with Crippen LogP contribution in [0.1, 0.15) is 25.6 Å². The van der Waals surface area contributed by atoms with Gasteiger partial charge in [-0.2, -0.15) is 0 Å². The molecule has 0 aliphatic rings. The molecule has 1 unspecified atom stereocenters. The van der Waals surface area contributed by atoms with Crippen LogP contribution in [0.15, 0.2) is 27.1 Å². The lowest BCUT2D eigenvalue weighted by atomic mass is 10.0. The van der Waals surface area contributed by atoms with Gasteiger partial charge in [-0.15, -0.1) is 0 Å². The molecule has 1 N–H and O–H groups in total. The molecule has 1 aromatic carbocycles. The molecule has 3 nitrogen and oxygen atoms in total. The van der Waals surface area contributed by atoms with Crippen molar-refractivity contribution in [2.75, 3.05) is 14.2 Å². The van der Waals surface area contributed by atoms with Crippen LogP contribution in [0.5, 0.6) is 5.75 Å². The predicted molar refractivity (Wildman–Crippen MR) is 77.1 cm³/mol. The molecule has 0 amide bonds. The molecule has 0 radical (unpaired) electrons. The highest BCUT2D eigenvalue weighted by Gasteiger charge is 2.19. The second kappa shape index (κ2) is 5.33. The Hall–Kier alpha value is -1.00. The standard InChI is InChI=1S/C14H18BrNO2/c1-8(2)13(16-3)12-6-9-5-10(17-4)7-11(15)14(9)18-12/h5-8,13,16H,1-4H3. The summed E-state index contributed by atoms with van der Waals surface area (Å²) in [6.07, 6.45) is 0.